The van der Waals surface area contributed by atoms with Gasteiger partial charge in [-0.2, -0.15) is 0 Å². The third kappa shape index (κ3) is 4.14. The summed E-state index contributed by atoms with van der Waals surface area (Å²) in [6.07, 6.45) is 0.822. The van der Waals surface area contributed by atoms with Gasteiger partial charge >= 0.3 is 0 Å². The molecule has 1 aromatic rings. The zero-order valence-corrected chi connectivity index (χ0v) is 13.2. The lowest BCUT2D eigenvalue weighted by Gasteiger charge is -2.12. The van der Waals surface area contributed by atoms with E-state index in [4.69, 9.17) is 16.3 Å². The monoisotopic (exact) mass is 336 g/mol. The Bertz CT molecular complexity index is 604. The standard InChI is InChI=1S/C13H18ClFN2O3S/c1-16-7-10-4-11(5-12(15)13(10)14)21(18,19)17-6-9-2-3-20-8-9/h4-5,9,16-17H,2-3,6-8H2,1H3. The van der Waals surface area contributed by atoms with Crippen molar-refractivity contribution in [3.8, 4) is 0 Å². The highest BCUT2D eigenvalue weighted by Gasteiger charge is 2.22. The van der Waals surface area contributed by atoms with Gasteiger partial charge in [-0.1, -0.05) is 11.6 Å². The largest absolute Gasteiger partial charge is 0.381 e. The predicted octanol–water partition coefficient (Wildman–Crippen LogP) is 1.51. The normalized spacial score (nSPS) is 19.1. The van der Waals surface area contributed by atoms with E-state index >= 15 is 0 Å². The lowest BCUT2D eigenvalue weighted by Crippen LogP contribution is -2.30. The van der Waals surface area contributed by atoms with Crippen molar-refractivity contribution >= 4 is 21.6 Å². The molecule has 0 saturated carbocycles. The first-order valence-electron chi connectivity index (χ1n) is 6.64. The molecular formula is C13H18ClFN2O3S. The molecule has 8 heteroatoms. The van der Waals surface area contributed by atoms with Gasteiger partial charge in [-0.25, -0.2) is 17.5 Å². The molecule has 1 fully saturated rings. The Morgan fingerprint density at radius 3 is 2.86 bits per heavy atom. The number of nitrogens with one attached hydrogen (secondary N) is 2. The molecule has 1 heterocycles. The SMILES string of the molecule is CNCc1cc(S(=O)(=O)NCC2CCOC2)cc(F)c1Cl. The van der Waals surface area contributed by atoms with Gasteiger partial charge in [-0.3, -0.25) is 0 Å². The van der Waals surface area contributed by atoms with Crippen LogP contribution in [0.4, 0.5) is 4.39 Å². The highest BCUT2D eigenvalue weighted by molar-refractivity contribution is 7.89. The van der Waals surface area contributed by atoms with Crippen LogP contribution < -0.4 is 10.0 Å². The number of benzene rings is 1. The molecule has 2 N–H and O–H groups in total. The van der Waals surface area contributed by atoms with E-state index < -0.39 is 15.8 Å². The van der Waals surface area contributed by atoms with Crippen LogP contribution >= 0.6 is 11.6 Å². The molecule has 1 aliphatic rings. The zero-order chi connectivity index (χ0) is 15.5. The van der Waals surface area contributed by atoms with Crippen LogP contribution in [0.3, 0.4) is 0 Å². The first-order chi connectivity index (χ1) is 9.94. The van der Waals surface area contributed by atoms with Gasteiger partial charge in [0.05, 0.1) is 16.5 Å². The minimum Gasteiger partial charge on any atom is -0.381 e. The van der Waals surface area contributed by atoms with Crippen LogP contribution in [0.15, 0.2) is 17.0 Å². The second kappa shape index (κ2) is 7.02. The molecule has 0 aliphatic carbocycles. The Morgan fingerprint density at radius 2 is 2.24 bits per heavy atom. The summed E-state index contributed by atoms with van der Waals surface area (Å²) in [4.78, 5) is -0.117. The Labute approximate surface area is 128 Å². The molecule has 1 atom stereocenters. The van der Waals surface area contributed by atoms with Gasteiger partial charge in [0.1, 0.15) is 5.82 Å². The van der Waals surface area contributed by atoms with Crippen molar-refractivity contribution in [3.63, 3.8) is 0 Å². The zero-order valence-electron chi connectivity index (χ0n) is 11.7. The number of sulfonamides is 1. The highest BCUT2D eigenvalue weighted by atomic mass is 35.5. The van der Waals surface area contributed by atoms with Crippen molar-refractivity contribution in [2.24, 2.45) is 5.92 Å². The topological polar surface area (TPSA) is 67.4 Å². The van der Waals surface area contributed by atoms with Crippen molar-refractivity contribution < 1.29 is 17.5 Å². The third-order valence-electron chi connectivity index (χ3n) is 3.34. The molecule has 1 aromatic carbocycles. The van der Waals surface area contributed by atoms with Crippen molar-refractivity contribution in [2.45, 2.75) is 17.9 Å². The van der Waals surface area contributed by atoms with Crippen LogP contribution in [0.5, 0.6) is 0 Å². The highest BCUT2D eigenvalue weighted by Crippen LogP contribution is 2.24. The molecule has 0 spiro atoms. The fraction of sp³-hybridized carbons (Fsp3) is 0.538. The van der Waals surface area contributed by atoms with E-state index in [1.54, 1.807) is 7.05 Å². The first kappa shape index (κ1) is 16.6. The lowest BCUT2D eigenvalue weighted by molar-refractivity contribution is 0.186. The molecule has 1 aliphatic heterocycles. The molecule has 1 saturated heterocycles. The number of ether oxygens (including phenoxy) is 1. The number of hydrogen-bond acceptors (Lipinski definition) is 4. The Kier molecular flexibility index (Phi) is 5.56. The fourth-order valence-electron chi connectivity index (χ4n) is 2.15. The van der Waals surface area contributed by atoms with Gasteiger partial charge in [0.25, 0.3) is 0 Å². The second-order valence-corrected chi connectivity index (χ2v) is 7.13. The fourth-order valence-corrected chi connectivity index (χ4v) is 3.50. The summed E-state index contributed by atoms with van der Waals surface area (Å²) in [6, 6.07) is 2.32. The van der Waals surface area contributed by atoms with Crippen LogP contribution in [0.1, 0.15) is 12.0 Å². The summed E-state index contributed by atoms with van der Waals surface area (Å²) in [7, 11) is -2.09. The number of hydrogen-bond donors (Lipinski definition) is 2. The predicted molar refractivity (Wildman–Crippen MR) is 78.3 cm³/mol. The minimum absolute atomic E-state index is 0.0625. The van der Waals surface area contributed by atoms with E-state index in [9.17, 15) is 12.8 Å². The van der Waals surface area contributed by atoms with Crippen molar-refractivity contribution in [1.29, 1.82) is 0 Å². The van der Waals surface area contributed by atoms with Gasteiger partial charge in [0.15, 0.2) is 0 Å². The van der Waals surface area contributed by atoms with Gasteiger partial charge < -0.3 is 10.1 Å². The van der Waals surface area contributed by atoms with E-state index in [2.05, 4.69) is 10.0 Å². The quantitative estimate of drug-likeness (QED) is 0.826. The minimum atomic E-state index is -3.76. The summed E-state index contributed by atoms with van der Waals surface area (Å²) in [5, 5.41) is 2.76. The number of halogens is 2. The summed E-state index contributed by atoms with van der Waals surface area (Å²) < 4.78 is 45.9. The van der Waals surface area contributed by atoms with Gasteiger partial charge in [0, 0.05) is 19.7 Å². The summed E-state index contributed by atoms with van der Waals surface area (Å²) >= 11 is 5.83. The second-order valence-electron chi connectivity index (χ2n) is 4.99. The van der Waals surface area contributed by atoms with Crippen molar-refractivity contribution in [1.82, 2.24) is 10.0 Å². The maximum absolute atomic E-state index is 13.8. The molecule has 118 valence electrons. The van der Waals surface area contributed by atoms with E-state index in [0.717, 1.165) is 12.5 Å². The molecule has 21 heavy (non-hydrogen) atoms. The molecule has 0 amide bonds. The van der Waals surface area contributed by atoms with E-state index in [1.807, 2.05) is 0 Å². The van der Waals surface area contributed by atoms with Gasteiger partial charge in [-0.15, -0.1) is 0 Å². The summed E-state index contributed by atoms with van der Waals surface area (Å²) in [5.41, 5.74) is 0.406. The molecule has 0 bridgehead atoms. The molecular weight excluding hydrogens is 319 g/mol. The Balaban J connectivity index is 2.18. The number of rotatable bonds is 6. The van der Waals surface area contributed by atoms with Crippen LogP contribution in [0.25, 0.3) is 0 Å². The molecule has 5 nitrogen and oxygen atoms in total. The lowest BCUT2D eigenvalue weighted by atomic mass is 10.1. The molecule has 0 radical (unpaired) electrons. The van der Waals surface area contributed by atoms with Crippen LogP contribution in [0, 0.1) is 11.7 Å². The van der Waals surface area contributed by atoms with Crippen molar-refractivity contribution in [2.75, 3.05) is 26.8 Å². The summed E-state index contributed by atoms with van der Waals surface area (Å²) in [5.74, 6) is -0.581. The average Bonchev–Trinajstić information content (AvgIpc) is 2.95. The molecule has 1 unspecified atom stereocenters. The van der Waals surface area contributed by atoms with E-state index in [0.29, 0.717) is 18.8 Å². The maximum Gasteiger partial charge on any atom is 0.240 e. The van der Waals surface area contributed by atoms with Crippen LogP contribution in [0.2, 0.25) is 5.02 Å². The Morgan fingerprint density at radius 1 is 1.48 bits per heavy atom. The van der Waals surface area contributed by atoms with E-state index in [1.165, 1.54) is 6.07 Å². The Hall–Kier alpha value is -0.730. The first-order valence-corrected chi connectivity index (χ1v) is 8.50. The molecule has 2 rings (SSSR count). The maximum atomic E-state index is 13.8. The van der Waals surface area contributed by atoms with Crippen LogP contribution in [-0.4, -0.2) is 35.2 Å². The van der Waals surface area contributed by atoms with Crippen LogP contribution in [-0.2, 0) is 21.3 Å². The summed E-state index contributed by atoms with van der Waals surface area (Å²) in [6.45, 7) is 1.76. The average molecular weight is 337 g/mol. The third-order valence-corrected chi connectivity index (χ3v) is 5.17. The van der Waals surface area contributed by atoms with Gasteiger partial charge in [0.2, 0.25) is 10.0 Å². The van der Waals surface area contributed by atoms with Crippen molar-refractivity contribution in [3.05, 3.63) is 28.5 Å². The van der Waals surface area contributed by atoms with Gasteiger partial charge in [-0.05, 0) is 37.1 Å². The smallest absolute Gasteiger partial charge is 0.240 e. The van der Waals surface area contributed by atoms with E-state index in [-0.39, 0.29) is 28.9 Å². The molecule has 0 aromatic heterocycles.